The van der Waals surface area contributed by atoms with Crippen LogP contribution in [0.4, 0.5) is 17.2 Å². The van der Waals surface area contributed by atoms with Crippen molar-refractivity contribution >= 4 is 40.1 Å². The Bertz CT molecular complexity index is 1510. The Morgan fingerprint density at radius 3 is 2.78 bits per heavy atom. The Hall–Kier alpha value is -4.40. The van der Waals surface area contributed by atoms with E-state index in [4.69, 9.17) is 9.47 Å². The minimum Gasteiger partial charge on any atom is -0.493 e. The van der Waals surface area contributed by atoms with Crippen molar-refractivity contribution < 1.29 is 14.3 Å². The highest BCUT2D eigenvalue weighted by Gasteiger charge is 2.26. The molecule has 0 radical (unpaired) electrons. The number of carbonyl (C=O) groups excluding carboxylic acids is 1. The van der Waals surface area contributed by atoms with Gasteiger partial charge in [-0.2, -0.15) is 0 Å². The number of anilines is 3. The number of allylic oxidation sites excluding steroid dienone is 1. The molecule has 4 aromatic rings. The van der Waals surface area contributed by atoms with Gasteiger partial charge in [-0.1, -0.05) is 6.08 Å². The molecule has 1 aliphatic carbocycles. The van der Waals surface area contributed by atoms with Gasteiger partial charge in [-0.3, -0.25) is 4.79 Å². The Kier molecular flexibility index (Phi) is 5.52. The van der Waals surface area contributed by atoms with Crippen LogP contribution in [0, 0.1) is 0 Å². The average molecular weight is 483 g/mol. The molecular weight excluding hydrogens is 456 g/mol. The number of fused-ring (bicyclic) bond motifs is 3. The van der Waals surface area contributed by atoms with Crippen LogP contribution >= 0.6 is 0 Å². The van der Waals surface area contributed by atoms with Crippen molar-refractivity contribution in [3.05, 3.63) is 66.0 Å². The second-order valence-electron chi connectivity index (χ2n) is 8.86. The van der Waals surface area contributed by atoms with Crippen LogP contribution in [0.1, 0.15) is 23.4 Å². The van der Waals surface area contributed by atoms with Crippen LogP contribution in [0.25, 0.3) is 17.0 Å². The van der Waals surface area contributed by atoms with Gasteiger partial charge in [0.05, 0.1) is 31.8 Å². The molecule has 9 nitrogen and oxygen atoms in total. The molecule has 2 aromatic heterocycles. The molecule has 1 N–H and O–H groups in total. The maximum atomic E-state index is 13.2. The SMILES string of the molecule is COc1cc2ncnc(Nc3ccc4c(c3)CCN4C(=O)Cn3cnc4c3CCC=C4)c2cc1OC. The molecule has 182 valence electrons. The van der Waals surface area contributed by atoms with E-state index in [1.54, 1.807) is 20.5 Å². The average Bonchev–Trinajstić information content (AvgIpc) is 3.52. The van der Waals surface area contributed by atoms with E-state index in [1.165, 1.54) is 6.33 Å². The molecule has 2 aromatic carbocycles. The third-order valence-corrected chi connectivity index (χ3v) is 6.79. The first-order chi connectivity index (χ1) is 17.6. The summed E-state index contributed by atoms with van der Waals surface area (Å²) in [6.45, 7) is 0.968. The van der Waals surface area contributed by atoms with Crippen molar-refractivity contribution in [1.29, 1.82) is 0 Å². The third kappa shape index (κ3) is 3.82. The number of nitrogens with one attached hydrogen (secondary N) is 1. The van der Waals surface area contributed by atoms with E-state index in [1.807, 2.05) is 39.8 Å². The molecule has 9 heteroatoms. The van der Waals surface area contributed by atoms with E-state index in [-0.39, 0.29) is 5.91 Å². The van der Waals surface area contributed by atoms with Crippen molar-refractivity contribution in [2.45, 2.75) is 25.8 Å². The fourth-order valence-corrected chi connectivity index (χ4v) is 4.97. The van der Waals surface area contributed by atoms with Gasteiger partial charge >= 0.3 is 0 Å². The van der Waals surface area contributed by atoms with E-state index in [2.05, 4.69) is 32.4 Å². The van der Waals surface area contributed by atoms with E-state index in [0.29, 0.717) is 30.4 Å². The number of aromatic nitrogens is 4. The second-order valence-corrected chi connectivity index (χ2v) is 8.86. The Morgan fingerprint density at radius 2 is 1.92 bits per heavy atom. The minimum atomic E-state index is 0.0760. The van der Waals surface area contributed by atoms with Gasteiger partial charge in [0.15, 0.2) is 11.5 Å². The number of benzene rings is 2. The van der Waals surface area contributed by atoms with Gasteiger partial charge in [0.2, 0.25) is 5.91 Å². The Balaban J connectivity index is 1.23. The molecule has 1 aliphatic heterocycles. The molecular formula is C27H26N6O3. The lowest BCUT2D eigenvalue weighted by Crippen LogP contribution is -2.32. The predicted octanol–water partition coefficient (Wildman–Crippen LogP) is 4.14. The summed E-state index contributed by atoms with van der Waals surface area (Å²) in [7, 11) is 3.20. The van der Waals surface area contributed by atoms with E-state index < -0.39 is 0 Å². The zero-order valence-electron chi connectivity index (χ0n) is 20.2. The monoisotopic (exact) mass is 482 g/mol. The topological polar surface area (TPSA) is 94.4 Å². The van der Waals surface area contributed by atoms with Crippen molar-refractivity contribution in [2.24, 2.45) is 0 Å². The maximum Gasteiger partial charge on any atom is 0.246 e. The van der Waals surface area contributed by atoms with Gasteiger partial charge in [0, 0.05) is 35.1 Å². The van der Waals surface area contributed by atoms with Crippen molar-refractivity contribution in [3.8, 4) is 11.5 Å². The third-order valence-electron chi connectivity index (χ3n) is 6.79. The highest BCUT2D eigenvalue weighted by atomic mass is 16.5. The number of nitrogens with zero attached hydrogens (tertiary/aromatic N) is 5. The highest BCUT2D eigenvalue weighted by Crippen LogP contribution is 2.36. The molecule has 0 fully saturated rings. The Labute approximate surface area is 208 Å². The van der Waals surface area contributed by atoms with Gasteiger partial charge in [-0.05, 0) is 55.2 Å². The van der Waals surface area contributed by atoms with Crippen LogP contribution in [0.3, 0.4) is 0 Å². The predicted molar refractivity (Wildman–Crippen MR) is 138 cm³/mol. The van der Waals surface area contributed by atoms with Gasteiger partial charge in [-0.25, -0.2) is 15.0 Å². The van der Waals surface area contributed by atoms with Gasteiger partial charge < -0.3 is 24.3 Å². The van der Waals surface area contributed by atoms with Crippen molar-refractivity contribution in [3.63, 3.8) is 0 Å². The second kappa shape index (κ2) is 8.99. The smallest absolute Gasteiger partial charge is 0.246 e. The van der Waals surface area contributed by atoms with Gasteiger partial charge in [-0.15, -0.1) is 0 Å². The number of imidazole rings is 1. The number of hydrogen-bond donors (Lipinski definition) is 1. The molecule has 6 rings (SSSR count). The molecule has 0 saturated carbocycles. The first kappa shape index (κ1) is 22.1. The lowest BCUT2D eigenvalue weighted by Gasteiger charge is -2.19. The van der Waals surface area contributed by atoms with Crippen LogP contribution in [0.5, 0.6) is 11.5 Å². The highest BCUT2D eigenvalue weighted by molar-refractivity contribution is 5.96. The lowest BCUT2D eigenvalue weighted by atomic mass is 10.1. The largest absolute Gasteiger partial charge is 0.493 e. The maximum absolute atomic E-state index is 13.2. The molecule has 2 aliphatic rings. The van der Waals surface area contributed by atoms with Crippen LogP contribution in [0.2, 0.25) is 0 Å². The normalized spacial score (nSPS) is 14.0. The number of ether oxygens (including phenoxy) is 2. The number of amides is 1. The summed E-state index contributed by atoms with van der Waals surface area (Å²) in [5.41, 5.74) is 5.84. The minimum absolute atomic E-state index is 0.0760. The summed E-state index contributed by atoms with van der Waals surface area (Å²) in [4.78, 5) is 28.3. The number of hydrogen-bond acceptors (Lipinski definition) is 7. The summed E-state index contributed by atoms with van der Waals surface area (Å²) in [5.74, 6) is 1.98. The van der Waals surface area contributed by atoms with Crippen LogP contribution in [-0.4, -0.2) is 46.2 Å². The Morgan fingerprint density at radius 1 is 1.06 bits per heavy atom. The molecule has 3 heterocycles. The zero-order chi connectivity index (χ0) is 24.6. The standard InChI is InChI=1S/C27H26N6O3/c1-35-24-12-19-21(13-25(24)36-2)28-15-29-27(19)31-18-7-8-22-17(11-18)9-10-33(22)26(34)14-32-16-30-20-5-3-4-6-23(20)32/h3,5,7-8,11-13,15-16H,4,6,9-10,14H2,1-2H3,(H,28,29,31). The quantitative estimate of drug-likeness (QED) is 0.441. The number of carbonyl (C=O) groups is 1. The molecule has 0 spiro atoms. The van der Waals surface area contributed by atoms with Gasteiger partial charge in [0.1, 0.15) is 18.7 Å². The summed E-state index contributed by atoms with van der Waals surface area (Å²) < 4.78 is 12.8. The number of rotatable bonds is 6. The van der Waals surface area contributed by atoms with Crippen LogP contribution in [-0.2, 0) is 24.2 Å². The van der Waals surface area contributed by atoms with Crippen molar-refractivity contribution in [2.75, 3.05) is 31.0 Å². The van der Waals surface area contributed by atoms with E-state index in [0.717, 1.165) is 58.5 Å². The van der Waals surface area contributed by atoms with Crippen LogP contribution < -0.4 is 19.7 Å². The zero-order valence-corrected chi connectivity index (χ0v) is 20.2. The summed E-state index contributed by atoms with van der Waals surface area (Å²) in [6.07, 6.45) is 10.2. The summed E-state index contributed by atoms with van der Waals surface area (Å²) in [6, 6.07) is 9.77. The summed E-state index contributed by atoms with van der Waals surface area (Å²) in [5, 5.41) is 4.24. The van der Waals surface area contributed by atoms with Crippen molar-refractivity contribution in [1.82, 2.24) is 19.5 Å². The molecule has 36 heavy (non-hydrogen) atoms. The first-order valence-corrected chi connectivity index (χ1v) is 11.9. The van der Waals surface area contributed by atoms with E-state index >= 15 is 0 Å². The molecule has 0 unspecified atom stereocenters. The van der Waals surface area contributed by atoms with Crippen LogP contribution in [0.15, 0.2) is 49.1 Å². The lowest BCUT2D eigenvalue weighted by molar-refractivity contribution is -0.119. The molecule has 0 saturated heterocycles. The summed E-state index contributed by atoms with van der Waals surface area (Å²) >= 11 is 0. The fourth-order valence-electron chi connectivity index (χ4n) is 4.97. The molecule has 0 bridgehead atoms. The number of methoxy groups -OCH3 is 2. The first-order valence-electron chi connectivity index (χ1n) is 11.9. The van der Waals surface area contributed by atoms with Gasteiger partial charge in [0.25, 0.3) is 0 Å². The fraction of sp³-hybridized carbons (Fsp3) is 0.259. The van der Waals surface area contributed by atoms with E-state index in [9.17, 15) is 4.79 Å². The molecule has 1 amide bonds. The molecule has 0 atom stereocenters.